The van der Waals surface area contributed by atoms with E-state index in [1.54, 1.807) is 17.4 Å². The minimum Gasteiger partial charge on any atom is -0.368 e. The summed E-state index contributed by atoms with van der Waals surface area (Å²) in [4.78, 5) is 40.4. The average molecular weight is 478 g/mol. The first kappa shape index (κ1) is 21.4. The number of H-pyrrole nitrogens is 1. The Morgan fingerprint density at radius 2 is 1.64 bits per heavy atom. The van der Waals surface area contributed by atoms with Gasteiger partial charge >= 0.3 is 0 Å². The van der Waals surface area contributed by atoms with Crippen molar-refractivity contribution in [2.45, 2.75) is 6.54 Å². The molecule has 3 aromatic heterocycles. The molecule has 0 unspecified atom stereocenters. The molecule has 0 radical (unpaired) electrons. The number of amides is 2. The lowest BCUT2D eigenvalue weighted by atomic mass is 10.2. The van der Waals surface area contributed by atoms with Crippen LogP contribution in [0.15, 0.2) is 71.8 Å². The van der Waals surface area contributed by atoms with E-state index < -0.39 is 0 Å². The summed E-state index contributed by atoms with van der Waals surface area (Å²) in [5.41, 5.74) is 2.79. The first-order valence-corrected chi connectivity index (χ1v) is 12.5. The molecule has 0 spiro atoms. The van der Waals surface area contributed by atoms with E-state index in [1.807, 2.05) is 64.2 Å². The largest absolute Gasteiger partial charge is 0.368 e. The molecule has 5 rings (SSSR count). The van der Waals surface area contributed by atoms with Crippen LogP contribution in [0.1, 0.15) is 25.0 Å². The number of anilines is 2. The highest BCUT2D eigenvalue weighted by atomic mass is 32.1. The van der Waals surface area contributed by atoms with Crippen molar-refractivity contribution in [1.29, 1.82) is 0 Å². The van der Waals surface area contributed by atoms with Gasteiger partial charge in [-0.05, 0) is 47.2 Å². The van der Waals surface area contributed by atoms with Crippen LogP contribution in [0.4, 0.5) is 11.4 Å². The van der Waals surface area contributed by atoms with E-state index >= 15 is 0 Å². The third kappa shape index (κ3) is 4.69. The molecule has 4 aromatic rings. The number of hydrogen-bond donors (Lipinski definition) is 1. The molecule has 0 bridgehead atoms. The van der Waals surface area contributed by atoms with E-state index in [9.17, 15) is 9.59 Å². The fourth-order valence-electron chi connectivity index (χ4n) is 3.92. The maximum atomic E-state index is 13.2. The van der Waals surface area contributed by atoms with Crippen molar-refractivity contribution < 1.29 is 9.59 Å². The summed E-state index contributed by atoms with van der Waals surface area (Å²) >= 11 is 2.92. The monoisotopic (exact) mass is 477 g/mol. The Labute approximate surface area is 199 Å². The summed E-state index contributed by atoms with van der Waals surface area (Å²) in [6, 6.07) is 15.6. The number of carbonyl (C=O) groups is 2. The molecule has 4 heterocycles. The number of benzene rings is 1. The van der Waals surface area contributed by atoms with E-state index in [1.165, 1.54) is 22.7 Å². The summed E-state index contributed by atoms with van der Waals surface area (Å²) in [5, 5.41) is 3.84. The van der Waals surface area contributed by atoms with Crippen LogP contribution in [0.3, 0.4) is 0 Å². The van der Waals surface area contributed by atoms with Gasteiger partial charge in [0.15, 0.2) is 0 Å². The van der Waals surface area contributed by atoms with Crippen LogP contribution in [-0.2, 0) is 6.54 Å². The zero-order valence-corrected chi connectivity index (χ0v) is 19.5. The number of aromatic nitrogens is 2. The number of imidazole rings is 1. The predicted molar refractivity (Wildman–Crippen MR) is 132 cm³/mol. The van der Waals surface area contributed by atoms with Crippen molar-refractivity contribution in [3.8, 4) is 0 Å². The molecule has 1 aliphatic heterocycles. The Hall–Kier alpha value is -3.43. The number of rotatable bonds is 6. The molecular formula is C24H23N5O2S2. The number of piperazine rings is 1. The first-order chi connectivity index (χ1) is 16.2. The van der Waals surface area contributed by atoms with Gasteiger partial charge in [-0.25, -0.2) is 4.98 Å². The average Bonchev–Trinajstić information content (AvgIpc) is 3.66. The molecule has 0 aliphatic carbocycles. The van der Waals surface area contributed by atoms with Crippen LogP contribution in [-0.4, -0.2) is 52.9 Å². The maximum Gasteiger partial charge on any atom is 0.268 e. The minimum atomic E-state index is -0.0342. The summed E-state index contributed by atoms with van der Waals surface area (Å²) in [6.07, 6.45) is 3.36. The second-order valence-electron chi connectivity index (χ2n) is 7.72. The van der Waals surface area contributed by atoms with Gasteiger partial charge in [0.05, 0.1) is 28.3 Å². The van der Waals surface area contributed by atoms with Crippen LogP contribution in [0.25, 0.3) is 0 Å². The molecule has 1 fully saturated rings. The van der Waals surface area contributed by atoms with Crippen molar-refractivity contribution in [2.75, 3.05) is 36.0 Å². The highest BCUT2D eigenvalue weighted by Gasteiger charge is 2.24. The van der Waals surface area contributed by atoms with Gasteiger partial charge in [-0.1, -0.05) is 12.1 Å². The predicted octanol–water partition coefficient (Wildman–Crippen LogP) is 4.34. The zero-order chi connectivity index (χ0) is 22.6. The fourth-order valence-corrected chi connectivity index (χ4v) is 5.29. The van der Waals surface area contributed by atoms with Crippen molar-refractivity contribution >= 4 is 45.9 Å². The Bertz CT molecular complexity index is 1180. The zero-order valence-electron chi connectivity index (χ0n) is 17.9. The molecule has 0 saturated carbocycles. The number of nitrogens with one attached hydrogen (secondary N) is 1. The number of carbonyl (C=O) groups excluding carboxylic acids is 2. The van der Waals surface area contributed by atoms with Gasteiger partial charge in [-0.2, -0.15) is 0 Å². The second-order valence-corrected chi connectivity index (χ2v) is 9.61. The van der Waals surface area contributed by atoms with E-state index in [0.29, 0.717) is 24.5 Å². The number of nitrogens with zero attached hydrogens (tertiary/aromatic N) is 4. The SMILES string of the molecule is O=C(c1cccs1)N1CCN(c2ccc(N(Cc3cnc[nH]3)C(=O)c3cccs3)cc2)CC1. The van der Waals surface area contributed by atoms with Gasteiger partial charge in [-0.15, -0.1) is 22.7 Å². The minimum absolute atomic E-state index is 0.0342. The highest BCUT2D eigenvalue weighted by Crippen LogP contribution is 2.26. The summed E-state index contributed by atoms with van der Waals surface area (Å²) in [5.74, 6) is 0.0783. The Morgan fingerprint density at radius 3 is 2.24 bits per heavy atom. The fraction of sp³-hybridized carbons (Fsp3) is 0.208. The van der Waals surface area contributed by atoms with Crippen LogP contribution >= 0.6 is 22.7 Å². The molecule has 7 nitrogen and oxygen atoms in total. The van der Waals surface area contributed by atoms with E-state index in [-0.39, 0.29) is 11.8 Å². The molecule has 1 saturated heterocycles. The van der Waals surface area contributed by atoms with Gasteiger partial charge in [0.2, 0.25) is 0 Å². The van der Waals surface area contributed by atoms with Crippen LogP contribution < -0.4 is 9.80 Å². The summed E-state index contributed by atoms with van der Waals surface area (Å²) in [7, 11) is 0. The Morgan fingerprint density at radius 1 is 0.939 bits per heavy atom. The lowest BCUT2D eigenvalue weighted by Crippen LogP contribution is -2.48. The Kier molecular flexibility index (Phi) is 6.23. The number of hydrogen-bond acceptors (Lipinski definition) is 6. The van der Waals surface area contributed by atoms with Crippen LogP contribution in [0.5, 0.6) is 0 Å². The van der Waals surface area contributed by atoms with Crippen LogP contribution in [0.2, 0.25) is 0 Å². The smallest absolute Gasteiger partial charge is 0.268 e. The Balaban J connectivity index is 1.28. The van der Waals surface area contributed by atoms with Gasteiger partial charge in [0, 0.05) is 43.8 Å². The summed E-state index contributed by atoms with van der Waals surface area (Å²) in [6.45, 7) is 3.37. The van der Waals surface area contributed by atoms with Gasteiger partial charge in [0.25, 0.3) is 11.8 Å². The van der Waals surface area contributed by atoms with E-state index in [0.717, 1.165) is 35.0 Å². The lowest BCUT2D eigenvalue weighted by molar-refractivity contribution is 0.0751. The molecule has 1 aliphatic rings. The molecule has 1 N–H and O–H groups in total. The molecule has 0 atom stereocenters. The molecule has 168 valence electrons. The molecule has 1 aromatic carbocycles. The van der Waals surface area contributed by atoms with Crippen molar-refractivity contribution in [3.05, 3.63) is 87.3 Å². The molecule has 9 heteroatoms. The molecule has 33 heavy (non-hydrogen) atoms. The third-order valence-electron chi connectivity index (χ3n) is 5.69. The third-order valence-corrected chi connectivity index (χ3v) is 7.40. The summed E-state index contributed by atoms with van der Waals surface area (Å²) < 4.78 is 0. The lowest BCUT2D eigenvalue weighted by Gasteiger charge is -2.36. The standard InChI is InChI=1S/C24H23N5O2S2/c30-23(21-3-1-13-32-21)28-11-9-27(10-12-28)19-5-7-20(8-6-19)29(16-18-15-25-17-26-18)24(31)22-4-2-14-33-22/h1-8,13-15,17H,9-12,16H2,(H,25,26). The van der Waals surface area contributed by atoms with Crippen molar-refractivity contribution in [1.82, 2.24) is 14.9 Å². The van der Waals surface area contributed by atoms with Gasteiger partial charge in [-0.3, -0.25) is 9.59 Å². The second kappa shape index (κ2) is 9.60. The first-order valence-electron chi connectivity index (χ1n) is 10.7. The topological polar surface area (TPSA) is 72.5 Å². The van der Waals surface area contributed by atoms with Gasteiger partial charge in [0.1, 0.15) is 0 Å². The normalized spacial score (nSPS) is 13.8. The number of thiophene rings is 2. The highest BCUT2D eigenvalue weighted by molar-refractivity contribution is 7.12. The van der Waals surface area contributed by atoms with E-state index in [2.05, 4.69) is 14.9 Å². The van der Waals surface area contributed by atoms with E-state index in [4.69, 9.17) is 0 Å². The van der Waals surface area contributed by atoms with Crippen LogP contribution in [0, 0.1) is 0 Å². The molecule has 2 amide bonds. The molecular weight excluding hydrogens is 454 g/mol. The van der Waals surface area contributed by atoms with Crippen molar-refractivity contribution in [3.63, 3.8) is 0 Å². The maximum absolute atomic E-state index is 13.2. The van der Waals surface area contributed by atoms with Gasteiger partial charge < -0.3 is 19.7 Å². The number of aromatic amines is 1. The van der Waals surface area contributed by atoms with Crippen molar-refractivity contribution in [2.24, 2.45) is 0 Å². The quantitative estimate of drug-likeness (QED) is 0.448.